The van der Waals surface area contributed by atoms with E-state index in [2.05, 4.69) is 4.74 Å². The third-order valence-electron chi connectivity index (χ3n) is 3.90. The third kappa shape index (κ3) is 3.45. The van der Waals surface area contributed by atoms with Gasteiger partial charge in [0.1, 0.15) is 11.3 Å². The summed E-state index contributed by atoms with van der Waals surface area (Å²) in [6, 6.07) is 1.81. The maximum Gasteiger partial charge on any atom is 0.387 e. The van der Waals surface area contributed by atoms with E-state index in [1.54, 1.807) is 0 Å². The molecule has 162 valence electrons. The van der Waals surface area contributed by atoms with E-state index in [1.165, 1.54) is 0 Å². The number of hydrogen-bond donors (Lipinski definition) is 0. The lowest BCUT2D eigenvalue weighted by Gasteiger charge is -2.16. The van der Waals surface area contributed by atoms with Gasteiger partial charge in [-0.1, -0.05) is 6.07 Å². The average Bonchev–Trinajstić information content (AvgIpc) is 2.93. The highest BCUT2D eigenvalue weighted by atomic mass is 19.3. The molecular weight excluding hydrogens is 445 g/mol. The standard InChI is InChI=1S/C17H5F7N2O5/c18-8-7(9(19)11(21)12(22)10(8)20)13(27)26-15(29)14(28)25(17(26)30)5-2-1-3-6(4-5)31-16(23)24/h1-4,16H. The van der Waals surface area contributed by atoms with Gasteiger partial charge in [0.2, 0.25) is 5.82 Å². The van der Waals surface area contributed by atoms with Crippen molar-refractivity contribution in [1.29, 1.82) is 0 Å². The quantitative estimate of drug-likeness (QED) is 0.179. The fraction of sp³-hybridized carbons (Fsp3) is 0.0588. The van der Waals surface area contributed by atoms with Gasteiger partial charge in [-0.05, 0) is 12.1 Å². The SMILES string of the molecule is O=C1C(=O)N(c2cccc(OC(F)F)c2)C(=O)N1C(=O)c1c(F)c(F)c(F)c(F)c1F. The number of carbonyl (C=O) groups is 4. The Morgan fingerprint density at radius 1 is 0.839 bits per heavy atom. The van der Waals surface area contributed by atoms with Crippen LogP contribution in [0.5, 0.6) is 5.75 Å². The van der Waals surface area contributed by atoms with Crippen molar-refractivity contribution >= 4 is 29.4 Å². The first kappa shape index (κ1) is 21.7. The van der Waals surface area contributed by atoms with E-state index in [0.29, 0.717) is 6.07 Å². The number of nitrogens with zero attached hydrogens (tertiary/aromatic N) is 2. The highest BCUT2D eigenvalue weighted by Crippen LogP contribution is 2.30. The average molecular weight is 450 g/mol. The first-order valence-electron chi connectivity index (χ1n) is 7.80. The highest BCUT2D eigenvalue weighted by Gasteiger charge is 2.50. The molecule has 0 bridgehead atoms. The van der Waals surface area contributed by atoms with Gasteiger partial charge in [0.25, 0.3) is 5.91 Å². The van der Waals surface area contributed by atoms with Crippen LogP contribution >= 0.6 is 0 Å². The second-order valence-electron chi connectivity index (χ2n) is 5.69. The lowest BCUT2D eigenvalue weighted by Crippen LogP contribution is -2.39. The first-order valence-corrected chi connectivity index (χ1v) is 7.80. The summed E-state index contributed by atoms with van der Waals surface area (Å²) in [5.74, 6) is -19.6. The number of imide groups is 4. The van der Waals surface area contributed by atoms with Gasteiger partial charge in [0.05, 0.1) is 5.69 Å². The Bertz CT molecular complexity index is 1120. The lowest BCUT2D eigenvalue weighted by molar-refractivity contribution is -0.138. The number of ether oxygens (including phenoxy) is 1. The molecule has 0 aliphatic carbocycles. The zero-order valence-corrected chi connectivity index (χ0v) is 14.5. The lowest BCUT2D eigenvalue weighted by atomic mass is 10.1. The Labute approximate surface area is 166 Å². The highest BCUT2D eigenvalue weighted by molar-refractivity contribution is 6.56. The van der Waals surface area contributed by atoms with Crippen molar-refractivity contribution in [2.24, 2.45) is 0 Å². The smallest absolute Gasteiger partial charge is 0.387 e. The van der Waals surface area contributed by atoms with Crippen LogP contribution in [0, 0.1) is 29.1 Å². The predicted molar refractivity (Wildman–Crippen MR) is 83.4 cm³/mol. The first-order chi connectivity index (χ1) is 14.5. The number of hydrogen-bond acceptors (Lipinski definition) is 5. The van der Waals surface area contributed by atoms with E-state index in [1.807, 2.05) is 0 Å². The molecule has 1 aliphatic rings. The van der Waals surface area contributed by atoms with Gasteiger partial charge in [-0.15, -0.1) is 0 Å². The number of carbonyl (C=O) groups excluding carboxylic acids is 4. The minimum Gasteiger partial charge on any atom is -0.435 e. The van der Waals surface area contributed by atoms with Gasteiger partial charge in [-0.2, -0.15) is 13.7 Å². The summed E-state index contributed by atoms with van der Waals surface area (Å²) in [4.78, 5) is 48.2. The van der Waals surface area contributed by atoms with Crippen LogP contribution in [-0.4, -0.2) is 35.3 Å². The van der Waals surface area contributed by atoms with Crippen molar-refractivity contribution in [2.45, 2.75) is 6.61 Å². The molecule has 0 radical (unpaired) electrons. The number of urea groups is 1. The van der Waals surface area contributed by atoms with E-state index in [9.17, 15) is 49.9 Å². The molecule has 3 rings (SSSR count). The summed E-state index contributed by atoms with van der Waals surface area (Å²) >= 11 is 0. The molecule has 7 nitrogen and oxygen atoms in total. The normalized spacial score (nSPS) is 14.1. The number of benzene rings is 2. The number of amides is 5. The van der Waals surface area contributed by atoms with Crippen LogP contribution in [0.1, 0.15) is 10.4 Å². The molecule has 1 saturated heterocycles. The molecule has 0 aromatic heterocycles. The fourth-order valence-electron chi connectivity index (χ4n) is 2.58. The topological polar surface area (TPSA) is 84.0 Å². The van der Waals surface area contributed by atoms with Crippen LogP contribution in [-0.2, 0) is 9.59 Å². The third-order valence-corrected chi connectivity index (χ3v) is 3.90. The van der Waals surface area contributed by atoms with E-state index in [4.69, 9.17) is 0 Å². The van der Waals surface area contributed by atoms with Gasteiger partial charge in [-0.25, -0.2) is 31.6 Å². The van der Waals surface area contributed by atoms with E-state index >= 15 is 0 Å². The van der Waals surface area contributed by atoms with Crippen molar-refractivity contribution < 1.29 is 54.6 Å². The summed E-state index contributed by atoms with van der Waals surface area (Å²) in [7, 11) is 0. The van der Waals surface area contributed by atoms with Crippen molar-refractivity contribution in [1.82, 2.24) is 4.90 Å². The number of anilines is 1. The molecule has 0 unspecified atom stereocenters. The predicted octanol–water partition coefficient (Wildman–Crippen LogP) is 3.12. The summed E-state index contributed by atoms with van der Waals surface area (Å²) in [5, 5.41) is 0. The second kappa shape index (κ2) is 7.70. The number of alkyl halides is 2. The largest absolute Gasteiger partial charge is 0.435 e. The molecule has 1 fully saturated rings. The van der Waals surface area contributed by atoms with Gasteiger partial charge in [0, 0.05) is 6.07 Å². The minimum atomic E-state index is -3.30. The minimum absolute atomic E-state index is 0.0371. The second-order valence-corrected chi connectivity index (χ2v) is 5.69. The molecule has 1 aliphatic heterocycles. The zero-order valence-electron chi connectivity index (χ0n) is 14.5. The van der Waals surface area contributed by atoms with Gasteiger partial charge >= 0.3 is 24.5 Å². The Kier molecular flexibility index (Phi) is 5.40. The summed E-state index contributed by atoms with van der Waals surface area (Å²) in [5.41, 5.74) is -2.71. The molecule has 0 spiro atoms. The Balaban J connectivity index is 2.05. The fourth-order valence-corrected chi connectivity index (χ4v) is 2.58. The van der Waals surface area contributed by atoms with E-state index < -0.39 is 81.4 Å². The molecule has 14 heteroatoms. The zero-order chi connectivity index (χ0) is 23.2. The Hall–Kier alpha value is -3.97. The van der Waals surface area contributed by atoms with Gasteiger partial charge in [0.15, 0.2) is 23.3 Å². The Morgan fingerprint density at radius 3 is 1.94 bits per heavy atom. The van der Waals surface area contributed by atoms with Crippen LogP contribution in [0.2, 0.25) is 0 Å². The maximum atomic E-state index is 13.9. The van der Waals surface area contributed by atoms with Crippen LogP contribution in [0.25, 0.3) is 0 Å². The molecule has 31 heavy (non-hydrogen) atoms. The summed E-state index contributed by atoms with van der Waals surface area (Å²) in [6.45, 7) is -3.30. The van der Waals surface area contributed by atoms with Crippen LogP contribution < -0.4 is 9.64 Å². The summed E-state index contributed by atoms with van der Waals surface area (Å²) in [6.07, 6.45) is 0. The van der Waals surface area contributed by atoms with Gasteiger partial charge in [-0.3, -0.25) is 14.4 Å². The van der Waals surface area contributed by atoms with Crippen LogP contribution in [0.4, 0.5) is 41.2 Å². The molecule has 0 saturated carbocycles. The van der Waals surface area contributed by atoms with E-state index in [0.717, 1.165) is 18.2 Å². The van der Waals surface area contributed by atoms with Crippen molar-refractivity contribution in [3.05, 3.63) is 58.9 Å². The van der Waals surface area contributed by atoms with Crippen molar-refractivity contribution in [2.75, 3.05) is 4.90 Å². The molecule has 2 aromatic carbocycles. The molecule has 0 N–H and O–H groups in total. The maximum absolute atomic E-state index is 13.9. The van der Waals surface area contributed by atoms with Crippen LogP contribution in [0.15, 0.2) is 24.3 Å². The number of halogens is 7. The number of rotatable bonds is 4. The molecule has 2 aromatic rings. The van der Waals surface area contributed by atoms with Crippen molar-refractivity contribution in [3.63, 3.8) is 0 Å². The van der Waals surface area contributed by atoms with Crippen molar-refractivity contribution in [3.8, 4) is 5.75 Å². The monoisotopic (exact) mass is 450 g/mol. The summed E-state index contributed by atoms with van der Waals surface area (Å²) < 4.78 is 96.3. The van der Waals surface area contributed by atoms with Gasteiger partial charge < -0.3 is 4.74 Å². The van der Waals surface area contributed by atoms with Crippen LogP contribution in [0.3, 0.4) is 0 Å². The Morgan fingerprint density at radius 2 is 1.39 bits per heavy atom. The molecule has 0 atom stereocenters. The van der Waals surface area contributed by atoms with E-state index in [-0.39, 0.29) is 4.90 Å². The molecule has 5 amide bonds. The molecule has 1 heterocycles. The molecular formula is C17H5F7N2O5.